The van der Waals surface area contributed by atoms with Crippen LogP contribution < -0.4 is 15.5 Å². The van der Waals surface area contributed by atoms with Crippen LogP contribution in [0.25, 0.3) is 0 Å². The van der Waals surface area contributed by atoms with Crippen LogP contribution in [0, 0.1) is 0 Å². The average Bonchev–Trinajstić information content (AvgIpc) is 2.47. The normalized spacial score (nSPS) is 15.7. The first-order chi connectivity index (χ1) is 10.5. The molecule has 0 radical (unpaired) electrons. The number of anilines is 1. The molecule has 2 heterocycles. The smallest absolute Gasteiger partial charge is 0.321 e. The first-order valence-electron chi connectivity index (χ1n) is 7.53. The van der Waals surface area contributed by atoms with Gasteiger partial charge in [-0.3, -0.25) is 15.0 Å². The zero-order valence-corrected chi connectivity index (χ0v) is 13.1. The van der Waals surface area contributed by atoms with Gasteiger partial charge in [0.15, 0.2) is 0 Å². The van der Waals surface area contributed by atoms with E-state index in [1.807, 2.05) is 36.9 Å². The van der Waals surface area contributed by atoms with E-state index in [0.29, 0.717) is 0 Å². The van der Waals surface area contributed by atoms with E-state index in [1.54, 1.807) is 6.20 Å². The predicted molar refractivity (Wildman–Crippen MR) is 84.7 cm³/mol. The number of pyridine rings is 1. The van der Waals surface area contributed by atoms with Crippen molar-refractivity contribution >= 4 is 17.8 Å². The number of imide groups is 1. The molecule has 0 unspecified atom stereocenters. The van der Waals surface area contributed by atoms with Gasteiger partial charge in [0, 0.05) is 38.4 Å². The molecular formula is C15H23N5O2. The molecule has 2 N–H and O–H groups in total. The van der Waals surface area contributed by atoms with Crippen LogP contribution in [-0.4, -0.2) is 60.6 Å². The molecule has 0 spiro atoms. The quantitative estimate of drug-likeness (QED) is 0.844. The Kier molecular flexibility index (Phi) is 5.71. The summed E-state index contributed by atoms with van der Waals surface area (Å²) in [6.45, 7) is 7.12. The largest absolute Gasteiger partial charge is 0.354 e. The van der Waals surface area contributed by atoms with E-state index in [0.717, 1.165) is 32.0 Å². The van der Waals surface area contributed by atoms with Gasteiger partial charge in [0.1, 0.15) is 5.82 Å². The topological polar surface area (TPSA) is 77.6 Å². The van der Waals surface area contributed by atoms with E-state index in [-0.39, 0.29) is 18.5 Å². The van der Waals surface area contributed by atoms with Crippen LogP contribution in [-0.2, 0) is 4.79 Å². The van der Waals surface area contributed by atoms with Crippen LogP contribution in [0.2, 0.25) is 0 Å². The standard InChI is InChI=1S/C15H23N5O2/c1-12(2)17-15(22)18-14(21)11-19-7-9-20(10-8-19)13-5-3-4-6-16-13/h3-6,12H,7-11H2,1-2H3,(H2,17,18,21,22). The Hall–Kier alpha value is -2.15. The molecule has 1 aliphatic heterocycles. The summed E-state index contributed by atoms with van der Waals surface area (Å²) in [5.41, 5.74) is 0. The summed E-state index contributed by atoms with van der Waals surface area (Å²) >= 11 is 0. The number of amides is 3. The molecule has 1 fully saturated rings. The van der Waals surface area contributed by atoms with Crippen molar-refractivity contribution in [1.82, 2.24) is 20.5 Å². The van der Waals surface area contributed by atoms with Gasteiger partial charge in [0.05, 0.1) is 6.54 Å². The van der Waals surface area contributed by atoms with Crippen molar-refractivity contribution in [2.24, 2.45) is 0 Å². The SMILES string of the molecule is CC(C)NC(=O)NC(=O)CN1CCN(c2ccccn2)CC1. The number of nitrogens with zero attached hydrogens (tertiary/aromatic N) is 3. The van der Waals surface area contributed by atoms with E-state index in [2.05, 4.69) is 20.5 Å². The van der Waals surface area contributed by atoms with Gasteiger partial charge in [-0.15, -0.1) is 0 Å². The number of urea groups is 1. The Bertz CT molecular complexity index is 498. The fourth-order valence-corrected chi connectivity index (χ4v) is 2.34. The molecule has 0 aromatic carbocycles. The lowest BCUT2D eigenvalue weighted by molar-refractivity contribution is -0.121. The lowest BCUT2D eigenvalue weighted by Crippen LogP contribution is -2.51. The van der Waals surface area contributed by atoms with Gasteiger partial charge >= 0.3 is 6.03 Å². The van der Waals surface area contributed by atoms with Gasteiger partial charge in [-0.2, -0.15) is 0 Å². The minimum absolute atomic E-state index is 0.00900. The molecule has 0 atom stereocenters. The van der Waals surface area contributed by atoms with Crippen molar-refractivity contribution in [1.29, 1.82) is 0 Å². The molecule has 1 aromatic rings. The van der Waals surface area contributed by atoms with Gasteiger partial charge in [0.25, 0.3) is 0 Å². The third-order valence-corrected chi connectivity index (χ3v) is 3.39. The molecule has 3 amide bonds. The number of aromatic nitrogens is 1. The zero-order chi connectivity index (χ0) is 15.9. The molecule has 0 saturated carbocycles. The predicted octanol–water partition coefficient (Wildman–Crippen LogP) is 0.438. The van der Waals surface area contributed by atoms with E-state index in [9.17, 15) is 9.59 Å². The summed E-state index contributed by atoms with van der Waals surface area (Å²) in [5.74, 6) is 0.687. The number of carbonyl (C=O) groups is 2. The average molecular weight is 305 g/mol. The highest BCUT2D eigenvalue weighted by molar-refractivity contribution is 5.95. The van der Waals surface area contributed by atoms with Gasteiger partial charge in [-0.1, -0.05) is 6.07 Å². The van der Waals surface area contributed by atoms with Gasteiger partial charge in [0.2, 0.25) is 5.91 Å². The van der Waals surface area contributed by atoms with Crippen molar-refractivity contribution < 1.29 is 9.59 Å². The molecule has 2 rings (SSSR count). The number of rotatable bonds is 4. The Morgan fingerprint density at radius 3 is 2.55 bits per heavy atom. The highest BCUT2D eigenvalue weighted by atomic mass is 16.2. The Labute approximate surface area is 130 Å². The maximum atomic E-state index is 11.8. The number of nitrogens with one attached hydrogen (secondary N) is 2. The summed E-state index contributed by atoms with van der Waals surface area (Å²) in [5, 5.41) is 4.98. The van der Waals surface area contributed by atoms with Crippen LogP contribution in [0.15, 0.2) is 24.4 Å². The van der Waals surface area contributed by atoms with Crippen LogP contribution in [0.1, 0.15) is 13.8 Å². The van der Waals surface area contributed by atoms with Crippen molar-refractivity contribution in [3.8, 4) is 0 Å². The molecule has 1 aromatic heterocycles. The van der Waals surface area contributed by atoms with E-state index >= 15 is 0 Å². The highest BCUT2D eigenvalue weighted by Crippen LogP contribution is 2.12. The third-order valence-electron chi connectivity index (χ3n) is 3.39. The maximum Gasteiger partial charge on any atom is 0.321 e. The van der Waals surface area contributed by atoms with Crippen LogP contribution >= 0.6 is 0 Å². The molecule has 120 valence electrons. The Balaban J connectivity index is 1.73. The monoisotopic (exact) mass is 305 g/mol. The number of hydrogen-bond acceptors (Lipinski definition) is 5. The minimum atomic E-state index is -0.438. The summed E-state index contributed by atoms with van der Waals surface area (Å²) in [4.78, 5) is 31.8. The summed E-state index contributed by atoms with van der Waals surface area (Å²) < 4.78 is 0. The highest BCUT2D eigenvalue weighted by Gasteiger charge is 2.20. The summed E-state index contributed by atoms with van der Waals surface area (Å²) in [7, 11) is 0. The molecule has 0 bridgehead atoms. The van der Waals surface area contributed by atoms with Crippen molar-refractivity contribution in [3.63, 3.8) is 0 Å². The van der Waals surface area contributed by atoms with Gasteiger partial charge < -0.3 is 10.2 Å². The maximum absolute atomic E-state index is 11.8. The lowest BCUT2D eigenvalue weighted by Gasteiger charge is -2.34. The second-order valence-electron chi connectivity index (χ2n) is 5.63. The van der Waals surface area contributed by atoms with Crippen molar-refractivity contribution in [2.45, 2.75) is 19.9 Å². The Morgan fingerprint density at radius 2 is 1.95 bits per heavy atom. The van der Waals surface area contributed by atoms with Gasteiger partial charge in [-0.25, -0.2) is 9.78 Å². The Morgan fingerprint density at radius 1 is 1.23 bits per heavy atom. The first kappa shape index (κ1) is 16.2. The molecule has 0 aliphatic carbocycles. The van der Waals surface area contributed by atoms with Crippen LogP contribution in [0.5, 0.6) is 0 Å². The molecule has 22 heavy (non-hydrogen) atoms. The number of carbonyl (C=O) groups excluding carboxylic acids is 2. The van der Waals surface area contributed by atoms with Crippen molar-refractivity contribution in [3.05, 3.63) is 24.4 Å². The van der Waals surface area contributed by atoms with Gasteiger partial charge in [-0.05, 0) is 26.0 Å². The van der Waals surface area contributed by atoms with E-state index in [1.165, 1.54) is 0 Å². The lowest BCUT2D eigenvalue weighted by atomic mass is 10.3. The molecule has 1 saturated heterocycles. The third kappa shape index (κ3) is 5.00. The fraction of sp³-hybridized carbons (Fsp3) is 0.533. The first-order valence-corrected chi connectivity index (χ1v) is 7.53. The number of piperazine rings is 1. The zero-order valence-electron chi connectivity index (χ0n) is 13.1. The molecule has 7 heteroatoms. The fourth-order valence-electron chi connectivity index (χ4n) is 2.34. The van der Waals surface area contributed by atoms with Crippen LogP contribution in [0.3, 0.4) is 0 Å². The van der Waals surface area contributed by atoms with Crippen LogP contribution in [0.4, 0.5) is 10.6 Å². The van der Waals surface area contributed by atoms with Crippen molar-refractivity contribution in [2.75, 3.05) is 37.6 Å². The summed E-state index contributed by atoms with van der Waals surface area (Å²) in [6.07, 6.45) is 1.78. The molecule has 7 nitrogen and oxygen atoms in total. The second kappa shape index (κ2) is 7.74. The molecular weight excluding hydrogens is 282 g/mol. The van der Waals surface area contributed by atoms with E-state index < -0.39 is 6.03 Å². The second-order valence-corrected chi connectivity index (χ2v) is 5.63. The minimum Gasteiger partial charge on any atom is -0.354 e. The number of hydrogen-bond donors (Lipinski definition) is 2. The van der Waals surface area contributed by atoms with E-state index in [4.69, 9.17) is 0 Å². The summed E-state index contributed by atoms with van der Waals surface area (Å²) in [6, 6.07) is 5.42. The molecule has 1 aliphatic rings.